The van der Waals surface area contributed by atoms with Crippen LogP contribution in [0.4, 0.5) is 5.95 Å². The van der Waals surface area contributed by atoms with Gasteiger partial charge in [0, 0.05) is 19.8 Å². The molecule has 0 fully saturated rings. The molecule has 0 saturated heterocycles. The van der Waals surface area contributed by atoms with Gasteiger partial charge < -0.3 is 15.0 Å². The second kappa shape index (κ2) is 8.31. The van der Waals surface area contributed by atoms with Gasteiger partial charge in [0.15, 0.2) is 0 Å². The molecular formula is C21H22N4O2. The molecular weight excluding hydrogens is 340 g/mol. The van der Waals surface area contributed by atoms with E-state index in [0.717, 1.165) is 11.4 Å². The van der Waals surface area contributed by atoms with E-state index in [4.69, 9.17) is 4.74 Å². The summed E-state index contributed by atoms with van der Waals surface area (Å²) in [5, 5.41) is 2.91. The number of rotatable bonds is 6. The lowest BCUT2D eigenvalue weighted by molar-refractivity contribution is 0.0948. The maximum atomic E-state index is 12.7. The Balaban J connectivity index is 1.74. The van der Waals surface area contributed by atoms with Gasteiger partial charge in [-0.15, -0.1) is 0 Å². The number of carbonyl (C=O) groups excluding carboxylic acids is 1. The molecule has 1 amide bonds. The van der Waals surface area contributed by atoms with Crippen molar-refractivity contribution in [2.75, 3.05) is 19.0 Å². The summed E-state index contributed by atoms with van der Waals surface area (Å²) >= 11 is 0. The lowest BCUT2D eigenvalue weighted by atomic mass is 10.2. The van der Waals surface area contributed by atoms with Crippen molar-refractivity contribution >= 4 is 11.9 Å². The molecule has 0 radical (unpaired) electrons. The molecule has 0 spiro atoms. The number of aryl methyl sites for hydroxylation is 1. The fourth-order valence-electron chi connectivity index (χ4n) is 2.53. The first-order valence-corrected chi connectivity index (χ1v) is 8.65. The number of nitrogens with zero attached hydrogens (tertiary/aromatic N) is 3. The van der Waals surface area contributed by atoms with Crippen molar-refractivity contribution in [1.29, 1.82) is 0 Å². The average molecular weight is 362 g/mol. The highest BCUT2D eigenvalue weighted by Gasteiger charge is 2.13. The van der Waals surface area contributed by atoms with Gasteiger partial charge >= 0.3 is 0 Å². The Hall–Kier alpha value is -3.41. The number of amides is 1. The molecule has 2 aromatic carbocycles. The van der Waals surface area contributed by atoms with Crippen LogP contribution in [-0.2, 0) is 6.54 Å². The van der Waals surface area contributed by atoms with Gasteiger partial charge in [-0.05, 0) is 37.3 Å². The van der Waals surface area contributed by atoms with Crippen LogP contribution in [0.5, 0.6) is 11.5 Å². The maximum absolute atomic E-state index is 12.7. The molecule has 0 unspecified atom stereocenters. The van der Waals surface area contributed by atoms with Crippen LogP contribution in [0.2, 0.25) is 0 Å². The van der Waals surface area contributed by atoms with E-state index in [9.17, 15) is 4.79 Å². The summed E-state index contributed by atoms with van der Waals surface area (Å²) < 4.78 is 5.86. The van der Waals surface area contributed by atoms with Crippen molar-refractivity contribution in [3.63, 3.8) is 0 Å². The van der Waals surface area contributed by atoms with Crippen molar-refractivity contribution in [1.82, 2.24) is 15.3 Å². The van der Waals surface area contributed by atoms with E-state index in [1.807, 2.05) is 74.4 Å². The molecule has 6 nitrogen and oxygen atoms in total. The standard InChI is InChI=1S/C21H22N4O2/c1-15-13-16(24-21(23-15)25(2)3)14-22-20(26)18-11-7-8-12-19(18)27-17-9-5-4-6-10-17/h4-13H,14H2,1-3H3,(H,22,26). The third-order valence-corrected chi connectivity index (χ3v) is 3.83. The number of benzene rings is 2. The summed E-state index contributed by atoms with van der Waals surface area (Å²) in [7, 11) is 3.77. The molecule has 3 aromatic rings. The van der Waals surface area contributed by atoms with E-state index < -0.39 is 0 Å². The SMILES string of the molecule is Cc1cc(CNC(=O)c2ccccc2Oc2ccccc2)nc(N(C)C)n1. The van der Waals surface area contributed by atoms with E-state index in [2.05, 4.69) is 15.3 Å². The van der Waals surface area contributed by atoms with E-state index in [1.165, 1.54) is 0 Å². The van der Waals surface area contributed by atoms with Gasteiger partial charge in [-0.1, -0.05) is 30.3 Å². The molecule has 0 atom stereocenters. The van der Waals surface area contributed by atoms with Crippen LogP contribution < -0.4 is 15.0 Å². The number of carbonyl (C=O) groups is 1. The van der Waals surface area contributed by atoms with Crippen molar-refractivity contribution in [2.45, 2.75) is 13.5 Å². The molecule has 0 aliphatic heterocycles. The number of anilines is 1. The predicted molar refractivity (Wildman–Crippen MR) is 105 cm³/mol. The number of hydrogen-bond acceptors (Lipinski definition) is 5. The van der Waals surface area contributed by atoms with Crippen molar-refractivity contribution in [2.24, 2.45) is 0 Å². The summed E-state index contributed by atoms with van der Waals surface area (Å²) in [5.74, 6) is 1.59. The summed E-state index contributed by atoms with van der Waals surface area (Å²) in [5.41, 5.74) is 2.08. The molecule has 0 bridgehead atoms. The predicted octanol–water partition coefficient (Wildman–Crippen LogP) is 3.57. The van der Waals surface area contributed by atoms with Gasteiger partial charge in [-0.3, -0.25) is 4.79 Å². The Labute approximate surface area is 158 Å². The Morgan fingerprint density at radius 3 is 2.48 bits per heavy atom. The Morgan fingerprint density at radius 1 is 1.04 bits per heavy atom. The monoisotopic (exact) mass is 362 g/mol. The lowest BCUT2D eigenvalue weighted by Crippen LogP contribution is -2.24. The van der Waals surface area contributed by atoms with E-state index in [0.29, 0.717) is 29.6 Å². The minimum absolute atomic E-state index is 0.218. The quantitative estimate of drug-likeness (QED) is 0.726. The topological polar surface area (TPSA) is 67.3 Å². The van der Waals surface area contributed by atoms with Gasteiger partial charge in [-0.2, -0.15) is 0 Å². The van der Waals surface area contributed by atoms with Crippen LogP contribution in [0.1, 0.15) is 21.7 Å². The number of para-hydroxylation sites is 2. The largest absolute Gasteiger partial charge is 0.457 e. The van der Waals surface area contributed by atoms with Gasteiger partial charge in [0.2, 0.25) is 5.95 Å². The maximum Gasteiger partial charge on any atom is 0.255 e. The number of aromatic nitrogens is 2. The Kier molecular flexibility index (Phi) is 5.66. The van der Waals surface area contributed by atoms with E-state index in [1.54, 1.807) is 12.1 Å². The highest BCUT2D eigenvalue weighted by Crippen LogP contribution is 2.25. The van der Waals surface area contributed by atoms with Crippen LogP contribution >= 0.6 is 0 Å². The van der Waals surface area contributed by atoms with Crippen molar-refractivity contribution in [3.05, 3.63) is 77.6 Å². The fourth-order valence-corrected chi connectivity index (χ4v) is 2.53. The first-order valence-electron chi connectivity index (χ1n) is 8.65. The van der Waals surface area contributed by atoms with Crippen molar-refractivity contribution in [3.8, 4) is 11.5 Å². The second-order valence-electron chi connectivity index (χ2n) is 6.29. The molecule has 3 rings (SSSR count). The summed E-state index contributed by atoms with van der Waals surface area (Å²) in [6.45, 7) is 2.21. The first kappa shape index (κ1) is 18.4. The highest BCUT2D eigenvalue weighted by molar-refractivity contribution is 5.96. The van der Waals surface area contributed by atoms with Crippen LogP contribution in [0.25, 0.3) is 0 Å². The third-order valence-electron chi connectivity index (χ3n) is 3.83. The zero-order chi connectivity index (χ0) is 19.2. The second-order valence-corrected chi connectivity index (χ2v) is 6.29. The van der Waals surface area contributed by atoms with Crippen LogP contribution in [0.15, 0.2) is 60.7 Å². The molecule has 0 saturated carbocycles. The first-order chi connectivity index (χ1) is 13.0. The molecule has 1 heterocycles. The van der Waals surface area contributed by atoms with Gasteiger partial charge in [-0.25, -0.2) is 9.97 Å². The van der Waals surface area contributed by atoms with Gasteiger partial charge in [0.25, 0.3) is 5.91 Å². The Morgan fingerprint density at radius 2 is 1.74 bits per heavy atom. The molecule has 138 valence electrons. The summed E-state index contributed by atoms with van der Waals surface area (Å²) in [6.07, 6.45) is 0. The summed E-state index contributed by atoms with van der Waals surface area (Å²) in [6, 6.07) is 18.4. The zero-order valence-corrected chi connectivity index (χ0v) is 15.6. The molecule has 1 N–H and O–H groups in total. The Bertz CT molecular complexity index is 926. The average Bonchev–Trinajstić information content (AvgIpc) is 2.67. The molecule has 27 heavy (non-hydrogen) atoms. The fraction of sp³-hybridized carbons (Fsp3) is 0.190. The molecule has 6 heteroatoms. The number of ether oxygens (including phenoxy) is 1. The molecule has 0 aliphatic carbocycles. The van der Waals surface area contributed by atoms with E-state index >= 15 is 0 Å². The minimum Gasteiger partial charge on any atom is -0.457 e. The molecule has 0 aliphatic rings. The number of nitrogens with one attached hydrogen (secondary N) is 1. The number of hydrogen-bond donors (Lipinski definition) is 1. The van der Waals surface area contributed by atoms with Crippen LogP contribution in [-0.4, -0.2) is 30.0 Å². The van der Waals surface area contributed by atoms with Gasteiger partial charge in [0.05, 0.1) is 17.8 Å². The molecule has 1 aromatic heterocycles. The normalized spacial score (nSPS) is 10.3. The van der Waals surface area contributed by atoms with Crippen molar-refractivity contribution < 1.29 is 9.53 Å². The zero-order valence-electron chi connectivity index (χ0n) is 15.6. The smallest absolute Gasteiger partial charge is 0.255 e. The third kappa shape index (κ3) is 4.82. The highest BCUT2D eigenvalue weighted by atomic mass is 16.5. The minimum atomic E-state index is -0.218. The lowest BCUT2D eigenvalue weighted by Gasteiger charge is -2.14. The van der Waals surface area contributed by atoms with Crippen LogP contribution in [0, 0.1) is 6.92 Å². The van der Waals surface area contributed by atoms with Crippen LogP contribution in [0.3, 0.4) is 0 Å². The summed E-state index contributed by atoms with van der Waals surface area (Å²) in [4.78, 5) is 23.3. The van der Waals surface area contributed by atoms with Gasteiger partial charge in [0.1, 0.15) is 11.5 Å². The van der Waals surface area contributed by atoms with E-state index in [-0.39, 0.29) is 5.91 Å².